The molecule has 1 unspecified atom stereocenters. The van der Waals surface area contributed by atoms with Crippen LogP contribution in [0.3, 0.4) is 0 Å². The minimum absolute atomic E-state index is 0. The summed E-state index contributed by atoms with van der Waals surface area (Å²) in [6.07, 6.45) is 0. The highest BCUT2D eigenvalue weighted by atomic mass is 35.5. The number of carbonyl (C=O) groups excluding carboxylic acids is 1. The minimum Gasteiger partial charge on any atom is -0.495 e. The van der Waals surface area contributed by atoms with Crippen molar-refractivity contribution in [1.82, 2.24) is 4.37 Å². The average Bonchev–Trinajstić information content (AvgIpc) is 3.32. The molecule has 1 aromatic heterocycles. The van der Waals surface area contributed by atoms with E-state index in [1.54, 1.807) is 33.5 Å². The van der Waals surface area contributed by atoms with Crippen LogP contribution >= 0.6 is 23.9 Å². The van der Waals surface area contributed by atoms with Crippen molar-refractivity contribution in [2.75, 3.05) is 40.4 Å². The van der Waals surface area contributed by atoms with Gasteiger partial charge in [0.05, 0.1) is 46.4 Å². The van der Waals surface area contributed by atoms with Gasteiger partial charge in [-0.25, -0.2) is 0 Å². The summed E-state index contributed by atoms with van der Waals surface area (Å²) < 4.78 is 26.2. The Morgan fingerprint density at radius 1 is 1.03 bits per heavy atom. The Kier molecular flexibility index (Phi) is 9.30. The van der Waals surface area contributed by atoms with Gasteiger partial charge >= 0.3 is 0 Å². The van der Waals surface area contributed by atoms with E-state index in [9.17, 15) is 4.79 Å². The highest BCUT2D eigenvalue weighted by Gasteiger charge is 2.20. The third-order valence-electron chi connectivity index (χ3n) is 4.81. The molecule has 0 fully saturated rings. The molecule has 1 heterocycles. The number of halogens is 1. The first kappa shape index (κ1) is 26.2. The lowest BCUT2D eigenvalue weighted by atomic mass is 10.0. The molecular formula is C22H26ClN3O6S. The summed E-state index contributed by atoms with van der Waals surface area (Å²) in [4.78, 5) is 12.2. The number of nitrogens with two attached hydrogens (primary N) is 1. The van der Waals surface area contributed by atoms with Gasteiger partial charge in [0.1, 0.15) is 11.8 Å². The van der Waals surface area contributed by atoms with E-state index in [2.05, 4.69) is 9.69 Å². The van der Waals surface area contributed by atoms with Crippen molar-refractivity contribution in [2.24, 2.45) is 5.73 Å². The molecule has 33 heavy (non-hydrogen) atoms. The van der Waals surface area contributed by atoms with Crippen molar-refractivity contribution in [3.63, 3.8) is 0 Å². The van der Waals surface area contributed by atoms with Gasteiger partial charge < -0.3 is 35.1 Å². The summed E-state index contributed by atoms with van der Waals surface area (Å²) in [5.41, 5.74) is 9.19. The van der Waals surface area contributed by atoms with Crippen molar-refractivity contribution in [3.05, 3.63) is 35.7 Å². The zero-order chi connectivity index (χ0) is 23.3. The van der Waals surface area contributed by atoms with E-state index in [4.69, 9.17) is 29.8 Å². The number of rotatable bonds is 9. The third-order valence-corrected chi connectivity index (χ3v) is 5.44. The molecule has 3 rings (SSSR count). The Balaban J connectivity index is 0.00000385. The van der Waals surface area contributed by atoms with Crippen molar-refractivity contribution in [1.29, 1.82) is 0 Å². The molecule has 0 aliphatic carbocycles. The first-order valence-electron chi connectivity index (χ1n) is 9.57. The number of nitrogens with one attached hydrogen (secondary N) is 1. The number of nitrogens with zero attached hydrogens (tertiary/aromatic N) is 1. The van der Waals surface area contributed by atoms with Crippen LogP contribution in [0, 0.1) is 0 Å². The molecule has 2 aromatic carbocycles. The number of aliphatic hydroxyl groups excluding tert-OH is 1. The van der Waals surface area contributed by atoms with Gasteiger partial charge in [-0.05, 0) is 41.4 Å². The van der Waals surface area contributed by atoms with Crippen LogP contribution in [0.1, 0.15) is 0 Å². The lowest BCUT2D eigenvalue weighted by molar-refractivity contribution is -0.118. The van der Waals surface area contributed by atoms with Gasteiger partial charge in [0.2, 0.25) is 11.7 Å². The van der Waals surface area contributed by atoms with Crippen LogP contribution < -0.4 is 30.0 Å². The van der Waals surface area contributed by atoms with E-state index in [1.165, 1.54) is 18.6 Å². The van der Waals surface area contributed by atoms with Gasteiger partial charge in [0.25, 0.3) is 0 Å². The maximum absolute atomic E-state index is 12.2. The van der Waals surface area contributed by atoms with Gasteiger partial charge in [0.15, 0.2) is 11.5 Å². The fraction of sp³-hybridized carbons (Fsp3) is 0.273. The highest BCUT2D eigenvalue weighted by molar-refractivity contribution is 7.04. The van der Waals surface area contributed by atoms with E-state index in [-0.39, 0.29) is 12.4 Å². The number of hydrogen-bond acceptors (Lipinski definition) is 9. The van der Waals surface area contributed by atoms with Crippen molar-refractivity contribution in [3.8, 4) is 45.4 Å². The van der Waals surface area contributed by atoms with E-state index in [0.29, 0.717) is 34.4 Å². The first-order valence-corrected chi connectivity index (χ1v) is 10.4. The number of benzene rings is 2. The number of hydrogen-bond donors (Lipinski definition) is 3. The topological polar surface area (TPSA) is 125 Å². The largest absolute Gasteiger partial charge is 0.495 e. The molecule has 1 amide bonds. The van der Waals surface area contributed by atoms with Crippen molar-refractivity contribution in [2.45, 2.75) is 6.04 Å². The van der Waals surface area contributed by atoms with Gasteiger partial charge in [-0.15, -0.1) is 12.4 Å². The number of aromatic nitrogens is 1. The molecular weight excluding hydrogens is 470 g/mol. The third kappa shape index (κ3) is 5.48. The second kappa shape index (κ2) is 11.7. The molecule has 3 aromatic rings. The average molecular weight is 496 g/mol. The SMILES string of the molecule is COc1ccc(-c2csnc2-c2cc(OC)c(OC)c(OC)c2)cc1NC(=O)C(N)CO.Cl. The van der Waals surface area contributed by atoms with E-state index in [0.717, 1.165) is 16.7 Å². The van der Waals surface area contributed by atoms with Gasteiger partial charge in [-0.1, -0.05) is 6.07 Å². The lowest BCUT2D eigenvalue weighted by Crippen LogP contribution is -2.38. The zero-order valence-electron chi connectivity index (χ0n) is 18.6. The Morgan fingerprint density at radius 2 is 1.67 bits per heavy atom. The summed E-state index contributed by atoms with van der Waals surface area (Å²) >= 11 is 1.30. The number of aliphatic hydroxyl groups is 1. The second-order valence-corrected chi connectivity index (χ2v) is 7.31. The predicted octanol–water partition coefficient (Wildman–Crippen LogP) is 3.19. The quantitative estimate of drug-likeness (QED) is 0.413. The van der Waals surface area contributed by atoms with Crippen LogP contribution in [-0.2, 0) is 4.79 Å². The molecule has 0 radical (unpaired) electrons. The Hall–Kier alpha value is -3.05. The monoisotopic (exact) mass is 495 g/mol. The maximum atomic E-state index is 12.2. The van der Waals surface area contributed by atoms with Crippen LogP contribution in [0.25, 0.3) is 22.4 Å². The number of ether oxygens (including phenoxy) is 4. The maximum Gasteiger partial charge on any atom is 0.243 e. The molecule has 178 valence electrons. The van der Waals surface area contributed by atoms with Crippen LogP contribution in [0.5, 0.6) is 23.0 Å². The molecule has 11 heteroatoms. The van der Waals surface area contributed by atoms with Crippen molar-refractivity contribution >= 4 is 35.5 Å². The van der Waals surface area contributed by atoms with Crippen LogP contribution in [0.2, 0.25) is 0 Å². The molecule has 9 nitrogen and oxygen atoms in total. The van der Waals surface area contributed by atoms with Gasteiger partial charge in [-0.2, -0.15) is 4.37 Å². The van der Waals surface area contributed by atoms with E-state index >= 15 is 0 Å². The standard InChI is InChI=1S/C22H25N3O6S.ClH/c1-28-17-6-5-12(7-16(17)24-22(27)15(23)10-26)14-11-32-25-20(14)13-8-18(29-2)21(31-4)19(9-13)30-3;/h5-9,11,15,26H,10,23H2,1-4H3,(H,24,27);1H. The number of anilines is 1. The normalized spacial score (nSPS) is 11.2. The smallest absolute Gasteiger partial charge is 0.243 e. The van der Waals surface area contributed by atoms with Crippen LogP contribution in [-0.4, -0.2) is 56.5 Å². The molecule has 0 saturated carbocycles. The summed E-state index contributed by atoms with van der Waals surface area (Å²) in [6.45, 7) is -0.465. The minimum atomic E-state index is -1.04. The van der Waals surface area contributed by atoms with Gasteiger partial charge in [-0.3, -0.25) is 4.79 Å². The Bertz CT molecular complexity index is 1080. The fourth-order valence-corrected chi connectivity index (χ4v) is 3.86. The zero-order valence-corrected chi connectivity index (χ0v) is 20.2. The number of carbonyl (C=O) groups is 1. The predicted molar refractivity (Wildman–Crippen MR) is 130 cm³/mol. The van der Waals surface area contributed by atoms with Crippen LogP contribution in [0.15, 0.2) is 35.7 Å². The number of methoxy groups -OCH3 is 4. The molecule has 0 saturated heterocycles. The lowest BCUT2D eigenvalue weighted by Gasteiger charge is -2.15. The fourth-order valence-electron chi connectivity index (χ4n) is 3.15. The van der Waals surface area contributed by atoms with E-state index < -0.39 is 18.6 Å². The molecule has 0 bridgehead atoms. The summed E-state index contributed by atoms with van der Waals surface area (Å²) in [5, 5.41) is 13.8. The Morgan fingerprint density at radius 3 is 2.21 bits per heavy atom. The number of amides is 1. The second-order valence-electron chi connectivity index (χ2n) is 6.68. The summed E-state index contributed by atoms with van der Waals surface area (Å²) in [5.74, 6) is 1.47. The highest BCUT2D eigenvalue weighted by Crippen LogP contribution is 2.44. The molecule has 1 atom stereocenters. The molecule has 0 spiro atoms. The summed E-state index contributed by atoms with van der Waals surface area (Å²) in [7, 11) is 6.16. The summed E-state index contributed by atoms with van der Waals surface area (Å²) in [6, 6.07) is 7.99. The molecule has 0 aliphatic rings. The molecule has 0 aliphatic heterocycles. The molecule has 4 N–H and O–H groups in total. The first-order chi connectivity index (χ1) is 15.5. The van der Waals surface area contributed by atoms with Crippen molar-refractivity contribution < 1.29 is 28.8 Å². The van der Waals surface area contributed by atoms with Crippen LogP contribution in [0.4, 0.5) is 5.69 Å². The van der Waals surface area contributed by atoms with E-state index in [1.807, 2.05) is 23.6 Å². The van der Waals surface area contributed by atoms with Gasteiger partial charge in [0, 0.05) is 16.5 Å². The Labute approximate surface area is 202 Å².